The molecule has 0 bridgehead atoms. The summed E-state index contributed by atoms with van der Waals surface area (Å²) in [5.41, 5.74) is 0. The van der Waals surface area contributed by atoms with Gasteiger partial charge >= 0.3 is 37.1 Å². The van der Waals surface area contributed by atoms with Crippen LogP contribution in [0, 0.1) is 23.7 Å². The molecule has 46 heavy (non-hydrogen) atoms. The predicted octanol–water partition coefficient (Wildman–Crippen LogP) is 4.92. The Morgan fingerprint density at radius 2 is 0.978 bits per heavy atom. The Kier molecular flexibility index (Phi) is 32.6. The van der Waals surface area contributed by atoms with Crippen molar-refractivity contribution in [2.75, 3.05) is 51.8 Å². The van der Waals surface area contributed by atoms with Crippen molar-refractivity contribution in [2.45, 2.75) is 123 Å². The van der Waals surface area contributed by atoms with E-state index in [1.54, 1.807) is 0 Å². The fourth-order valence-electron chi connectivity index (χ4n) is 7.49. The summed E-state index contributed by atoms with van der Waals surface area (Å²) in [5, 5.41) is 36.5. The summed E-state index contributed by atoms with van der Waals surface area (Å²) in [4.78, 5) is 0. The number of nitrogens with zero attached hydrogens (tertiary/aromatic N) is 2. The summed E-state index contributed by atoms with van der Waals surface area (Å²) in [7, 11) is 0. The monoisotopic (exact) mass is 800 g/mol. The Hall–Kier alpha value is 2.25. The Morgan fingerprint density at radius 1 is 0.609 bits per heavy atom. The second kappa shape index (κ2) is 29.8. The largest absolute Gasteiger partial charge is 2.00 e. The number of hydrogen-bond acceptors (Lipinski definition) is 8. The fourth-order valence-corrected chi connectivity index (χ4v) is 9.56. The fraction of sp³-hybridized carbons (Fsp3) is 1.00. The van der Waals surface area contributed by atoms with Gasteiger partial charge in [-0.1, -0.05) is 38.5 Å². The normalized spacial score (nSPS) is 32.0. The molecule has 0 aromatic heterocycles. The zero-order valence-corrected chi connectivity index (χ0v) is 34.5. The zero-order valence-electron chi connectivity index (χ0n) is 28.3. The first-order valence-corrected chi connectivity index (χ1v) is 20.6. The van der Waals surface area contributed by atoms with Crippen molar-refractivity contribution in [3.63, 3.8) is 0 Å². The van der Waals surface area contributed by atoms with Crippen LogP contribution in [0.4, 0.5) is 0 Å². The van der Waals surface area contributed by atoms with Gasteiger partial charge in [0.15, 0.2) is 0 Å². The molecule has 0 aliphatic heterocycles. The van der Waals surface area contributed by atoms with Gasteiger partial charge in [-0.25, -0.2) is 0 Å². The molecule has 0 saturated heterocycles. The molecular formula is C32H66N4O4S4V2+2. The van der Waals surface area contributed by atoms with Crippen LogP contribution < -0.4 is 10.6 Å². The summed E-state index contributed by atoms with van der Waals surface area (Å²) >= 11 is 13.1. The minimum Gasteiger partial charge on any atom is -0.661 e. The van der Waals surface area contributed by atoms with Crippen molar-refractivity contribution in [2.24, 2.45) is 23.7 Å². The summed E-state index contributed by atoms with van der Waals surface area (Å²) in [6.45, 7) is 5.39. The first kappa shape index (κ1) is 50.4. The van der Waals surface area contributed by atoms with Gasteiger partial charge in [-0.05, 0) is 101 Å². The maximum absolute atomic E-state index is 9.93. The molecule has 0 aromatic rings. The van der Waals surface area contributed by atoms with Crippen molar-refractivity contribution in [3.8, 4) is 0 Å². The van der Waals surface area contributed by atoms with Crippen molar-refractivity contribution in [1.29, 1.82) is 0 Å². The Labute approximate surface area is 324 Å². The average molecular weight is 801 g/mol. The number of thiol groups is 2. The SMILES string of the molecule is CSC(S)C1CCCC1NCC[N-]CC1CCCCC1O.CSC(S)C1CCCC1NCC[N-]CC1CCCCC1O.O.O.[V+2].[V+2]. The number of nitrogens with one attached hydrogen (secondary N) is 2. The number of rotatable bonds is 16. The second-order valence-electron chi connectivity index (χ2n) is 13.0. The Bertz CT molecular complexity index is 663. The number of aliphatic hydroxyl groups excluding tert-OH is 2. The molecule has 0 spiro atoms. The van der Waals surface area contributed by atoms with Gasteiger partial charge in [-0.2, -0.15) is 48.8 Å². The third-order valence-corrected chi connectivity index (χ3v) is 13.9. The quantitative estimate of drug-likeness (QED) is 0.0740. The number of hydrogen-bond donors (Lipinski definition) is 6. The maximum Gasteiger partial charge on any atom is 2.00 e. The van der Waals surface area contributed by atoms with E-state index in [-0.39, 0.29) is 60.3 Å². The molecule has 0 heterocycles. The molecule has 8 N–H and O–H groups in total. The zero-order chi connectivity index (χ0) is 30.2. The van der Waals surface area contributed by atoms with Crippen molar-refractivity contribution >= 4 is 48.8 Å². The minimum absolute atomic E-state index is 0. The molecule has 4 fully saturated rings. The van der Waals surface area contributed by atoms with Gasteiger partial charge in [-0.3, -0.25) is 0 Å². The summed E-state index contributed by atoms with van der Waals surface area (Å²) in [5.74, 6) is 2.22. The number of aliphatic hydroxyl groups is 2. The van der Waals surface area contributed by atoms with Crippen molar-refractivity contribution in [3.05, 3.63) is 10.6 Å². The van der Waals surface area contributed by atoms with E-state index < -0.39 is 0 Å². The molecule has 270 valence electrons. The van der Waals surface area contributed by atoms with E-state index in [9.17, 15) is 10.2 Å². The summed E-state index contributed by atoms with van der Waals surface area (Å²) in [6.07, 6.45) is 21.0. The van der Waals surface area contributed by atoms with Crippen LogP contribution in [0.25, 0.3) is 10.6 Å². The first-order valence-electron chi connectivity index (χ1n) is 17.0. The van der Waals surface area contributed by atoms with Gasteiger partial charge in [0.25, 0.3) is 0 Å². The van der Waals surface area contributed by atoms with Crippen LogP contribution >= 0.6 is 48.8 Å². The minimum atomic E-state index is -0.110. The van der Waals surface area contributed by atoms with E-state index >= 15 is 0 Å². The molecular weight excluding hydrogens is 735 g/mol. The Balaban J connectivity index is 0. The van der Waals surface area contributed by atoms with E-state index in [0.29, 0.717) is 44.9 Å². The third kappa shape index (κ3) is 18.1. The van der Waals surface area contributed by atoms with E-state index in [2.05, 4.69) is 33.8 Å². The van der Waals surface area contributed by atoms with Gasteiger partial charge in [0.05, 0.1) is 21.4 Å². The first-order chi connectivity index (χ1) is 20.4. The van der Waals surface area contributed by atoms with Crippen LogP contribution in [-0.2, 0) is 37.1 Å². The van der Waals surface area contributed by atoms with Gasteiger partial charge < -0.3 is 42.4 Å². The predicted molar refractivity (Wildman–Crippen MR) is 200 cm³/mol. The van der Waals surface area contributed by atoms with Crippen LogP contribution in [0.5, 0.6) is 0 Å². The van der Waals surface area contributed by atoms with Gasteiger partial charge in [0, 0.05) is 12.1 Å². The van der Waals surface area contributed by atoms with Gasteiger partial charge in [0.1, 0.15) is 0 Å². The molecule has 10 unspecified atom stereocenters. The molecule has 14 heteroatoms. The maximum atomic E-state index is 9.93. The van der Waals surface area contributed by atoms with Crippen LogP contribution in [-0.4, -0.2) is 106 Å². The molecule has 4 aliphatic rings. The summed E-state index contributed by atoms with van der Waals surface area (Å²) < 4.78 is 0.915. The van der Waals surface area contributed by atoms with E-state index in [1.165, 1.54) is 64.2 Å². The Morgan fingerprint density at radius 3 is 1.33 bits per heavy atom. The van der Waals surface area contributed by atoms with E-state index in [4.69, 9.17) is 25.3 Å². The van der Waals surface area contributed by atoms with Crippen molar-refractivity contribution < 1.29 is 58.3 Å². The smallest absolute Gasteiger partial charge is 0.661 e. The van der Waals surface area contributed by atoms with Crippen LogP contribution in [0.15, 0.2) is 0 Å². The molecule has 4 saturated carbocycles. The molecule has 0 amide bonds. The molecule has 4 rings (SSSR count). The van der Waals surface area contributed by atoms with E-state index in [0.717, 1.165) is 65.0 Å². The third-order valence-electron chi connectivity index (χ3n) is 10.2. The van der Waals surface area contributed by atoms with Gasteiger partial charge in [-0.15, -0.1) is 26.2 Å². The average Bonchev–Trinajstić information content (AvgIpc) is 3.68. The molecule has 2 radical (unpaired) electrons. The van der Waals surface area contributed by atoms with Crippen LogP contribution in [0.2, 0.25) is 0 Å². The molecule has 4 aliphatic carbocycles. The second-order valence-corrected chi connectivity index (χ2v) is 16.8. The molecule has 0 aromatic carbocycles. The standard InChI is InChI=1S/2C16H31N2OS2.2H2O.2V/c2*1-21-16(20)13-6-4-7-14(13)18-10-9-17-11-12-5-2-3-8-15(12)19;;;;/h2*12-16,18-20H,2-11H2,1H3;2*1H2;;/q2*-1;;;2*+2. The van der Waals surface area contributed by atoms with E-state index in [1.807, 2.05) is 23.5 Å². The van der Waals surface area contributed by atoms with Gasteiger partial charge in [0.2, 0.25) is 0 Å². The molecule has 8 nitrogen and oxygen atoms in total. The van der Waals surface area contributed by atoms with Crippen LogP contribution in [0.3, 0.4) is 0 Å². The van der Waals surface area contributed by atoms with Crippen LogP contribution in [0.1, 0.15) is 89.9 Å². The summed E-state index contributed by atoms with van der Waals surface area (Å²) in [6, 6.07) is 1.24. The topological polar surface area (TPSA) is 156 Å². The number of thioether (sulfide) groups is 2. The molecule has 10 atom stereocenters. The van der Waals surface area contributed by atoms with Crippen molar-refractivity contribution in [1.82, 2.24) is 10.6 Å².